The van der Waals surface area contributed by atoms with Crippen LogP contribution in [0.1, 0.15) is 11.7 Å². The number of nitrogens with one attached hydrogen (secondary N) is 1. The summed E-state index contributed by atoms with van der Waals surface area (Å²) in [6.45, 7) is -0.323. The molecule has 18 heavy (non-hydrogen) atoms. The van der Waals surface area contributed by atoms with Crippen LogP contribution in [-0.4, -0.2) is 35.8 Å². The van der Waals surface area contributed by atoms with Gasteiger partial charge in [0.25, 0.3) is 6.43 Å². The summed E-state index contributed by atoms with van der Waals surface area (Å²) < 4.78 is 24.0. The van der Waals surface area contributed by atoms with Crippen LogP contribution in [0.3, 0.4) is 0 Å². The lowest BCUT2D eigenvalue weighted by molar-refractivity contribution is -0.00462. The Kier molecular flexibility index (Phi) is 6.25. The van der Waals surface area contributed by atoms with Crippen molar-refractivity contribution < 1.29 is 19.0 Å². The summed E-state index contributed by atoms with van der Waals surface area (Å²) >= 11 is 11.6. The highest BCUT2D eigenvalue weighted by Gasteiger charge is 2.17. The van der Waals surface area contributed by atoms with Crippen LogP contribution in [0.4, 0.5) is 8.78 Å². The van der Waals surface area contributed by atoms with E-state index >= 15 is 0 Å². The molecule has 0 fully saturated rings. The molecule has 0 spiro atoms. The number of aliphatic hydroxyl groups is 2. The molecule has 0 radical (unpaired) electrons. The monoisotopic (exact) mass is 299 g/mol. The molecule has 0 aromatic heterocycles. The molecule has 0 aliphatic carbocycles. The summed E-state index contributed by atoms with van der Waals surface area (Å²) in [6, 6.07) is 4.62. The van der Waals surface area contributed by atoms with Crippen molar-refractivity contribution in [3.05, 3.63) is 33.8 Å². The number of aliphatic hydroxyl groups excluding tert-OH is 2. The fourth-order valence-corrected chi connectivity index (χ4v) is 1.76. The number of hydrogen-bond donors (Lipinski definition) is 3. The maximum absolute atomic E-state index is 12.0. The molecule has 0 aliphatic heterocycles. The second-order valence-corrected chi connectivity index (χ2v) is 4.59. The van der Waals surface area contributed by atoms with Gasteiger partial charge in [0.2, 0.25) is 0 Å². The van der Waals surface area contributed by atoms with E-state index in [1.165, 1.54) is 12.1 Å². The van der Waals surface area contributed by atoms with Gasteiger partial charge in [-0.2, -0.15) is 0 Å². The lowest BCUT2D eigenvalue weighted by Crippen LogP contribution is -2.34. The van der Waals surface area contributed by atoms with Gasteiger partial charge >= 0.3 is 0 Å². The maximum Gasteiger partial charge on any atom is 0.265 e. The van der Waals surface area contributed by atoms with Crippen LogP contribution in [0.25, 0.3) is 0 Å². The van der Waals surface area contributed by atoms with Gasteiger partial charge < -0.3 is 15.5 Å². The first-order valence-corrected chi connectivity index (χ1v) is 5.97. The maximum atomic E-state index is 12.0. The first-order chi connectivity index (χ1) is 8.41. The zero-order valence-electron chi connectivity index (χ0n) is 9.28. The van der Waals surface area contributed by atoms with E-state index in [0.717, 1.165) is 0 Å². The molecule has 0 saturated heterocycles. The summed E-state index contributed by atoms with van der Waals surface area (Å²) in [4.78, 5) is 0. The van der Waals surface area contributed by atoms with E-state index in [4.69, 9.17) is 28.3 Å². The van der Waals surface area contributed by atoms with E-state index in [0.29, 0.717) is 15.6 Å². The highest BCUT2D eigenvalue weighted by molar-refractivity contribution is 6.33. The lowest BCUT2D eigenvalue weighted by Gasteiger charge is -2.16. The van der Waals surface area contributed by atoms with E-state index in [9.17, 15) is 13.9 Å². The molecule has 7 heteroatoms. The molecule has 1 aromatic carbocycles. The van der Waals surface area contributed by atoms with Gasteiger partial charge in [-0.3, -0.25) is 0 Å². The first-order valence-electron chi connectivity index (χ1n) is 5.21. The number of alkyl halides is 2. The van der Waals surface area contributed by atoms with E-state index in [1.54, 1.807) is 6.07 Å². The van der Waals surface area contributed by atoms with Gasteiger partial charge in [-0.15, -0.1) is 0 Å². The van der Waals surface area contributed by atoms with Gasteiger partial charge in [0.1, 0.15) is 6.10 Å². The quantitative estimate of drug-likeness (QED) is 0.755. The van der Waals surface area contributed by atoms with Gasteiger partial charge in [-0.05, 0) is 18.2 Å². The Balaban J connectivity index is 2.50. The summed E-state index contributed by atoms with van der Waals surface area (Å²) in [5.41, 5.74) is 0.406. The summed E-state index contributed by atoms with van der Waals surface area (Å²) in [6.07, 6.45) is -5.56. The summed E-state index contributed by atoms with van der Waals surface area (Å²) in [7, 11) is 0. The summed E-state index contributed by atoms with van der Waals surface area (Å²) in [5, 5.41) is 22.0. The molecule has 0 heterocycles. The van der Waals surface area contributed by atoms with E-state index in [-0.39, 0.29) is 13.1 Å². The Labute approximate surface area is 113 Å². The Bertz CT molecular complexity index is 393. The van der Waals surface area contributed by atoms with Gasteiger partial charge in [0.15, 0.2) is 0 Å². The van der Waals surface area contributed by atoms with Crippen molar-refractivity contribution in [3.8, 4) is 0 Å². The Morgan fingerprint density at radius 2 is 1.83 bits per heavy atom. The van der Waals surface area contributed by atoms with E-state index < -0.39 is 18.6 Å². The van der Waals surface area contributed by atoms with Crippen molar-refractivity contribution in [2.75, 3.05) is 13.1 Å². The molecule has 1 aromatic rings. The fourth-order valence-electron chi connectivity index (χ4n) is 1.34. The van der Waals surface area contributed by atoms with Gasteiger partial charge in [0, 0.05) is 28.7 Å². The third-order valence-corrected chi connectivity index (χ3v) is 2.88. The SMILES string of the molecule is OC(CNCC(O)C(F)F)c1cc(Cl)ccc1Cl. The minimum atomic E-state index is -2.82. The average molecular weight is 300 g/mol. The van der Waals surface area contributed by atoms with Gasteiger partial charge in [-0.1, -0.05) is 23.2 Å². The molecule has 0 aliphatic rings. The zero-order valence-corrected chi connectivity index (χ0v) is 10.8. The normalized spacial score (nSPS) is 14.8. The topological polar surface area (TPSA) is 52.5 Å². The van der Waals surface area contributed by atoms with Gasteiger partial charge in [-0.25, -0.2) is 8.78 Å². The average Bonchev–Trinajstić information content (AvgIpc) is 2.31. The zero-order chi connectivity index (χ0) is 13.7. The standard InChI is InChI=1S/C11H13Cl2F2NO2/c12-6-1-2-8(13)7(3-6)9(17)4-16-5-10(18)11(14)15/h1-3,9-11,16-18H,4-5H2. The van der Waals surface area contributed by atoms with Crippen LogP contribution < -0.4 is 5.32 Å². The molecular weight excluding hydrogens is 287 g/mol. The molecule has 102 valence electrons. The molecule has 3 nitrogen and oxygen atoms in total. The van der Waals surface area contributed by atoms with Gasteiger partial charge in [0.05, 0.1) is 6.10 Å². The molecule has 0 amide bonds. The van der Waals surface area contributed by atoms with Crippen LogP contribution >= 0.6 is 23.2 Å². The lowest BCUT2D eigenvalue weighted by atomic mass is 10.1. The van der Waals surface area contributed by atoms with E-state index in [1.807, 2.05) is 0 Å². The minimum absolute atomic E-state index is 0.0101. The van der Waals surface area contributed by atoms with Crippen molar-refractivity contribution in [3.63, 3.8) is 0 Å². The summed E-state index contributed by atoms with van der Waals surface area (Å²) in [5.74, 6) is 0. The highest BCUT2D eigenvalue weighted by atomic mass is 35.5. The second-order valence-electron chi connectivity index (χ2n) is 3.74. The Morgan fingerprint density at radius 3 is 2.44 bits per heavy atom. The first kappa shape index (κ1) is 15.6. The second kappa shape index (κ2) is 7.21. The van der Waals surface area contributed by atoms with E-state index in [2.05, 4.69) is 5.32 Å². The van der Waals surface area contributed by atoms with Crippen LogP contribution in [0.2, 0.25) is 10.0 Å². The van der Waals surface area contributed by atoms with Crippen LogP contribution in [0, 0.1) is 0 Å². The Hall–Kier alpha value is -0.460. The molecule has 2 unspecified atom stereocenters. The number of rotatable bonds is 6. The minimum Gasteiger partial charge on any atom is -0.387 e. The number of hydrogen-bond acceptors (Lipinski definition) is 3. The van der Waals surface area contributed by atoms with Crippen molar-refractivity contribution in [1.29, 1.82) is 0 Å². The number of benzene rings is 1. The van der Waals surface area contributed by atoms with Crippen molar-refractivity contribution in [2.45, 2.75) is 18.6 Å². The third kappa shape index (κ3) is 4.66. The van der Waals surface area contributed by atoms with Crippen molar-refractivity contribution >= 4 is 23.2 Å². The molecule has 3 N–H and O–H groups in total. The largest absolute Gasteiger partial charge is 0.387 e. The molecule has 0 bridgehead atoms. The smallest absolute Gasteiger partial charge is 0.265 e. The predicted molar refractivity (Wildman–Crippen MR) is 66.3 cm³/mol. The van der Waals surface area contributed by atoms with Crippen molar-refractivity contribution in [1.82, 2.24) is 5.32 Å². The fraction of sp³-hybridized carbons (Fsp3) is 0.455. The predicted octanol–water partition coefficient (Wildman–Crippen LogP) is 2.24. The molecule has 2 atom stereocenters. The number of halogens is 4. The van der Waals surface area contributed by atoms with Crippen LogP contribution in [-0.2, 0) is 0 Å². The third-order valence-electron chi connectivity index (χ3n) is 2.30. The van der Waals surface area contributed by atoms with Crippen LogP contribution in [0.15, 0.2) is 18.2 Å². The molecule has 1 rings (SSSR count). The Morgan fingerprint density at radius 1 is 1.17 bits per heavy atom. The highest BCUT2D eigenvalue weighted by Crippen LogP contribution is 2.25. The molecule has 0 saturated carbocycles. The molecular formula is C11H13Cl2F2NO2. The van der Waals surface area contributed by atoms with Crippen LogP contribution in [0.5, 0.6) is 0 Å². The van der Waals surface area contributed by atoms with Crippen molar-refractivity contribution in [2.24, 2.45) is 0 Å².